The molecule has 28 heavy (non-hydrogen) atoms. The lowest BCUT2D eigenvalue weighted by Gasteiger charge is -2.19. The Labute approximate surface area is 163 Å². The number of allylic oxidation sites excluding steroid dienone is 4. The van der Waals surface area contributed by atoms with Crippen LogP contribution in [0.2, 0.25) is 0 Å². The zero-order valence-corrected chi connectivity index (χ0v) is 15.2. The predicted molar refractivity (Wildman–Crippen MR) is 119 cm³/mol. The highest BCUT2D eigenvalue weighted by molar-refractivity contribution is 6.62. The minimum atomic E-state index is 0.244. The van der Waals surface area contributed by atoms with E-state index >= 15 is 0 Å². The fraction of sp³-hybridized carbons (Fsp3) is 0. The number of benzene rings is 4. The van der Waals surface area contributed by atoms with Gasteiger partial charge in [-0.3, -0.25) is 10.8 Å². The molecule has 0 spiro atoms. The van der Waals surface area contributed by atoms with Crippen LogP contribution in [0.5, 0.6) is 0 Å². The summed E-state index contributed by atoms with van der Waals surface area (Å²) < 4.78 is 0. The number of hydrogen-bond donors (Lipinski definition) is 2. The van der Waals surface area contributed by atoms with Crippen LogP contribution in [0.15, 0.2) is 97.1 Å². The van der Waals surface area contributed by atoms with Crippen molar-refractivity contribution in [3.8, 4) is 0 Å². The molecule has 0 radical (unpaired) electrons. The van der Waals surface area contributed by atoms with Gasteiger partial charge in [0.25, 0.3) is 0 Å². The molecular weight excluding hydrogens is 340 g/mol. The van der Waals surface area contributed by atoms with Crippen molar-refractivity contribution in [2.45, 2.75) is 0 Å². The SMILES string of the molecule is N=C1C=C(c2cccc3ccccc23)C=C(c2cccc3ccccc23)C1=N. The average molecular weight is 358 g/mol. The predicted octanol–water partition coefficient (Wildman–Crippen LogP) is 6.51. The van der Waals surface area contributed by atoms with Crippen LogP contribution in [-0.2, 0) is 0 Å². The quantitative estimate of drug-likeness (QED) is 0.384. The molecule has 0 amide bonds. The molecule has 2 heteroatoms. The molecule has 4 aromatic rings. The maximum absolute atomic E-state index is 8.54. The molecule has 0 heterocycles. The van der Waals surface area contributed by atoms with Gasteiger partial charge in [-0.2, -0.15) is 0 Å². The fourth-order valence-corrected chi connectivity index (χ4v) is 3.95. The molecule has 2 nitrogen and oxygen atoms in total. The van der Waals surface area contributed by atoms with E-state index in [-0.39, 0.29) is 11.4 Å². The number of hydrogen-bond acceptors (Lipinski definition) is 2. The molecule has 0 atom stereocenters. The zero-order valence-electron chi connectivity index (χ0n) is 15.2. The summed E-state index contributed by atoms with van der Waals surface area (Å²) in [5.74, 6) is 0. The molecule has 132 valence electrons. The normalized spacial score (nSPS) is 14.3. The third-order valence-corrected chi connectivity index (χ3v) is 5.32. The first kappa shape index (κ1) is 16.4. The largest absolute Gasteiger partial charge is 0.299 e. The second kappa shape index (κ2) is 6.43. The maximum Gasteiger partial charge on any atom is 0.0868 e. The minimum Gasteiger partial charge on any atom is -0.299 e. The molecule has 0 aromatic heterocycles. The Kier molecular flexibility index (Phi) is 3.77. The summed E-state index contributed by atoms with van der Waals surface area (Å²) in [6.07, 6.45) is 3.86. The highest BCUT2D eigenvalue weighted by Crippen LogP contribution is 2.34. The van der Waals surface area contributed by atoms with E-state index in [0.717, 1.165) is 38.4 Å². The first-order chi connectivity index (χ1) is 13.7. The Bertz CT molecular complexity index is 1330. The third-order valence-electron chi connectivity index (χ3n) is 5.32. The zero-order chi connectivity index (χ0) is 19.1. The molecule has 0 saturated carbocycles. The van der Waals surface area contributed by atoms with E-state index in [4.69, 9.17) is 10.8 Å². The van der Waals surface area contributed by atoms with Gasteiger partial charge in [0.2, 0.25) is 0 Å². The van der Waals surface area contributed by atoms with Crippen LogP contribution in [0, 0.1) is 10.8 Å². The van der Waals surface area contributed by atoms with Crippen molar-refractivity contribution in [2.75, 3.05) is 0 Å². The standard InChI is InChI=1S/C26H18N2/c27-25-16-19(22-13-5-9-17-7-1-3-11-20(17)22)15-24(26(25)28)23-14-6-10-18-8-2-4-12-21(18)23/h1-16,27-28H. The highest BCUT2D eigenvalue weighted by Gasteiger charge is 2.20. The van der Waals surface area contributed by atoms with Crippen LogP contribution in [0.1, 0.15) is 11.1 Å². The van der Waals surface area contributed by atoms with Gasteiger partial charge in [0.1, 0.15) is 0 Å². The number of fused-ring (bicyclic) bond motifs is 2. The first-order valence-electron chi connectivity index (χ1n) is 9.30. The van der Waals surface area contributed by atoms with Crippen LogP contribution in [0.25, 0.3) is 32.7 Å². The second-order valence-corrected chi connectivity index (χ2v) is 7.00. The number of nitrogens with one attached hydrogen (secondary N) is 2. The van der Waals surface area contributed by atoms with E-state index in [9.17, 15) is 0 Å². The Morgan fingerprint density at radius 1 is 0.500 bits per heavy atom. The summed E-state index contributed by atoms with van der Waals surface area (Å²) >= 11 is 0. The summed E-state index contributed by atoms with van der Waals surface area (Å²) in [5.41, 5.74) is 4.37. The van der Waals surface area contributed by atoms with E-state index in [1.54, 1.807) is 6.08 Å². The molecule has 0 saturated heterocycles. The van der Waals surface area contributed by atoms with Crippen LogP contribution in [0.3, 0.4) is 0 Å². The molecule has 1 aliphatic carbocycles. The molecule has 0 fully saturated rings. The van der Waals surface area contributed by atoms with Gasteiger partial charge in [-0.25, -0.2) is 0 Å². The van der Waals surface area contributed by atoms with Crippen molar-refractivity contribution < 1.29 is 0 Å². The summed E-state index contributed by atoms with van der Waals surface area (Å²) in [6.45, 7) is 0. The van der Waals surface area contributed by atoms with E-state index in [2.05, 4.69) is 48.5 Å². The van der Waals surface area contributed by atoms with Gasteiger partial charge < -0.3 is 0 Å². The van der Waals surface area contributed by atoms with Crippen molar-refractivity contribution in [3.05, 3.63) is 108 Å². The monoisotopic (exact) mass is 358 g/mol. The Balaban J connectivity index is 1.75. The molecule has 0 unspecified atom stereocenters. The molecule has 0 bridgehead atoms. The lowest BCUT2D eigenvalue weighted by atomic mass is 9.85. The van der Waals surface area contributed by atoms with Gasteiger partial charge >= 0.3 is 0 Å². The smallest absolute Gasteiger partial charge is 0.0868 e. The van der Waals surface area contributed by atoms with E-state index in [1.165, 1.54) is 5.39 Å². The number of rotatable bonds is 2. The molecule has 2 N–H and O–H groups in total. The third kappa shape index (κ3) is 2.58. The Morgan fingerprint density at radius 2 is 1.04 bits per heavy atom. The van der Waals surface area contributed by atoms with Crippen molar-refractivity contribution in [1.29, 1.82) is 10.8 Å². The van der Waals surface area contributed by atoms with Gasteiger partial charge in [0.05, 0.1) is 11.4 Å². The van der Waals surface area contributed by atoms with Crippen molar-refractivity contribution in [3.63, 3.8) is 0 Å². The first-order valence-corrected chi connectivity index (χ1v) is 9.30. The Hall–Kier alpha value is -3.78. The summed E-state index contributed by atoms with van der Waals surface area (Å²) in [6, 6.07) is 28.9. The molecular formula is C26H18N2. The molecule has 1 aliphatic rings. The van der Waals surface area contributed by atoms with Crippen molar-refractivity contribution in [2.24, 2.45) is 0 Å². The van der Waals surface area contributed by atoms with Crippen LogP contribution < -0.4 is 0 Å². The minimum absolute atomic E-state index is 0.244. The summed E-state index contributed by atoms with van der Waals surface area (Å²) in [4.78, 5) is 0. The van der Waals surface area contributed by atoms with E-state index in [0.29, 0.717) is 0 Å². The van der Waals surface area contributed by atoms with E-state index in [1.807, 2.05) is 42.5 Å². The van der Waals surface area contributed by atoms with Gasteiger partial charge in [-0.1, -0.05) is 84.9 Å². The van der Waals surface area contributed by atoms with Gasteiger partial charge in [-0.05, 0) is 50.4 Å². The summed E-state index contributed by atoms with van der Waals surface area (Å²) in [5, 5.41) is 21.5. The fourth-order valence-electron chi connectivity index (χ4n) is 3.95. The van der Waals surface area contributed by atoms with Crippen molar-refractivity contribution >= 4 is 44.1 Å². The van der Waals surface area contributed by atoms with Crippen molar-refractivity contribution in [1.82, 2.24) is 0 Å². The lowest BCUT2D eigenvalue weighted by molar-refractivity contribution is 1.49. The highest BCUT2D eigenvalue weighted by atomic mass is 14.5. The van der Waals surface area contributed by atoms with Crippen LogP contribution in [0.4, 0.5) is 0 Å². The van der Waals surface area contributed by atoms with E-state index < -0.39 is 0 Å². The topological polar surface area (TPSA) is 47.7 Å². The second-order valence-electron chi connectivity index (χ2n) is 7.00. The van der Waals surface area contributed by atoms with Gasteiger partial charge in [0.15, 0.2) is 0 Å². The van der Waals surface area contributed by atoms with Crippen LogP contribution >= 0.6 is 0 Å². The lowest BCUT2D eigenvalue weighted by Crippen LogP contribution is -2.16. The Morgan fingerprint density at radius 3 is 1.71 bits per heavy atom. The molecule has 4 aromatic carbocycles. The molecule has 5 rings (SSSR count). The maximum atomic E-state index is 8.54. The molecule has 0 aliphatic heterocycles. The van der Waals surface area contributed by atoms with Crippen LogP contribution in [-0.4, -0.2) is 11.4 Å². The van der Waals surface area contributed by atoms with Gasteiger partial charge in [0, 0.05) is 5.57 Å². The average Bonchev–Trinajstić information content (AvgIpc) is 2.75. The van der Waals surface area contributed by atoms with Gasteiger partial charge in [-0.15, -0.1) is 0 Å². The summed E-state index contributed by atoms with van der Waals surface area (Å²) in [7, 11) is 0.